The van der Waals surface area contributed by atoms with E-state index in [1.54, 1.807) is 0 Å². The highest BCUT2D eigenvalue weighted by Gasteiger charge is 2.31. The molecular weight excluding hydrogens is 214 g/mol. The first-order valence-corrected chi connectivity index (χ1v) is 6.89. The lowest BCUT2D eigenvalue weighted by atomic mass is 10.0. The first-order chi connectivity index (χ1) is 8.31. The molecule has 0 aliphatic carbocycles. The van der Waals surface area contributed by atoms with Crippen molar-refractivity contribution in [3.8, 4) is 0 Å². The number of hydrogen-bond acceptors (Lipinski definition) is 5. The van der Waals surface area contributed by atoms with E-state index in [0.29, 0.717) is 6.04 Å². The van der Waals surface area contributed by atoms with Crippen LogP contribution >= 0.6 is 0 Å². The van der Waals surface area contributed by atoms with E-state index in [1.165, 1.54) is 19.3 Å². The Morgan fingerprint density at radius 2 is 2.18 bits per heavy atom. The molecule has 5 nitrogen and oxygen atoms in total. The van der Waals surface area contributed by atoms with Crippen LogP contribution < -0.4 is 21.5 Å². The summed E-state index contributed by atoms with van der Waals surface area (Å²) in [6.07, 6.45) is 7.19. The van der Waals surface area contributed by atoms with Gasteiger partial charge in [0.2, 0.25) is 0 Å². The van der Waals surface area contributed by atoms with Crippen molar-refractivity contribution in [2.24, 2.45) is 0 Å². The highest BCUT2D eigenvalue weighted by molar-refractivity contribution is 5.86. The van der Waals surface area contributed by atoms with Gasteiger partial charge in [-0.1, -0.05) is 19.8 Å². The summed E-state index contributed by atoms with van der Waals surface area (Å²) in [5, 5.41) is 15.0. The minimum Gasteiger partial charge on any atom is -0.311 e. The Labute approximate surface area is 104 Å². The molecule has 2 fully saturated rings. The smallest absolute Gasteiger partial charge is 0.110 e. The number of rotatable bonds is 5. The van der Waals surface area contributed by atoms with Gasteiger partial charge in [0.25, 0.3) is 0 Å². The van der Waals surface area contributed by atoms with E-state index < -0.39 is 0 Å². The zero-order valence-electron chi connectivity index (χ0n) is 10.7. The third-order valence-corrected chi connectivity index (χ3v) is 3.63. The maximum absolute atomic E-state index is 8.01. The van der Waals surface area contributed by atoms with Gasteiger partial charge in [0.05, 0.1) is 6.17 Å². The van der Waals surface area contributed by atoms with Crippen molar-refractivity contribution in [1.29, 1.82) is 5.41 Å². The molecule has 98 valence electrons. The fourth-order valence-electron chi connectivity index (χ4n) is 2.52. The van der Waals surface area contributed by atoms with Gasteiger partial charge in [-0.3, -0.25) is 5.32 Å². The van der Waals surface area contributed by atoms with Gasteiger partial charge in [-0.2, -0.15) is 0 Å². The van der Waals surface area contributed by atoms with Crippen molar-refractivity contribution in [2.45, 2.75) is 63.8 Å². The van der Waals surface area contributed by atoms with Gasteiger partial charge in [-0.25, -0.2) is 10.9 Å². The Kier molecular flexibility index (Phi) is 4.91. The molecular formula is C12H25N5. The van der Waals surface area contributed by atoms with Gasteiger partial charge < -0.3 is 10.7 Å². The molecule has 0 aromatic carbocycles. The average molecular weight is 239 g/mol. The third-order valence-electron chi connectivity index (χ3n) is 3.63. The molecule has 0 saturated carbocycles. The number of piperidine rings is 1. The van der Waals surface area contributed by atoms with E-state index in [1.807, 2.05) is 0 Å². The summed E-state index contributed by atoms with van der Waals surface area (Å²) in [5.41, 5.74) is 7.22. The SMILES string of the molecule is CCCCC(=N)C1NNC(C2CCCCN2)N1. The number of nitrogens with one attached hydrogen (secondary N) is 5. The second kappa shape index (κ2) is 6.44. The Bertz CT molecular complexity index is 249. The minimum absolute atomic E-state index is 0.00952. The Morgan fingerprint density at radius 3 is 2.88 bits per heavy atom. The van der Waals surface area contributed by atoms with Crippen LogP contribution in [0, 0.1) is 5.41 Å². The quantitative estimate of drug-likeness (QED) is 0.458. The standard InChI is InChI=1S/C12H25N5/c1-2-3-6-9(13)11-15-12(17-16-11)10-7-4-5-8-14-10/h10-17H,2-8H2,1H3. The molecule has 0 bridgehead atoms. The van der Waals surface area contributed by atoms with Crippen LogP contribution in [0.5, 0.6) is 0 Å². The van der Waals surface area contributed by atoms with E-state index in [-0.39, 0.29) is 12.3 Å². The van der Waals surface area contributed by atoms with Crippen molar-refractivity contribution < 1.29 is 0 Å². The Balaban J connectivity index is 1.76. The van der Waals surface area contributed by atoms with Crippen LogP contribution in [-0.4, -0.2) is 30.6 Å². The Hall–Kier alpha value is -0.490. The minimum atomic E-state index is 0.00952. The van der Waals surface area contributed by atoms with E-state index in [4.69, 9.17) is 5.41 Å². The lowest BCUT2D eigenvalue weighted by molar-refractivity contribution is 0.308. The molecule has 17 heavy (non-hydrogen) atoms. The zero-order chi connectivity index (χ0) is 12.1. The molecule has 3 unspecified atom stereocenters. The van der Waals surface area contributed by atoms with E-state index in [2.05, 4.69) is 28.4 Å². The van der Waals surface area contributed by atoms with Crippen molar-refractivity contribution in [1.82, 2.24) is 21.5 Å². The zero-order valence-corrected chi connectivity index (χ0v) is 10.7. The molecule has 2 saturated heterocycles. The first-order valence-electron chi connectivity index (χ1n) is 6.89. The second-order valence-electron chi connectivity index (χ2n) is 5.05. The second-order valence-corrected chi connectivity index (χ2v) is 5.05. The highest BCUT2D eigenvalue weighted by Crippen LogP contribution is 2.11. The Morgan fingerprint density at radius 1 is 1.29 bits per heavy atom. The first kappa shape index (κ1) is 13.0. The molecule has 2 heterocycles. The molecule has 0 radical (unpaired) electrons. The fourth-order valence-corrected chi connectivity index (χ4v) is 2.52. The third kappa shape index (κ3) is 3.48. The predicted molar refractivity (Wildman–Crippen MR) is 69.9 cm³/mol. The molecule has 2 aliphatic heterocycles. The average Bonchev–Trinajstić information content (AvgIpc) is 2.86. The van der Waals surface area contributed by atoms with Gasteiger partial charge in [0.15, 0.2) is 0 Å². The van der Waals surface area contributed by atoms with Crippen LogP contribution in [0.25, 0.3) is 0 Å². The summed E-state index contributed by atoms with van der Waals surface area (Å²) in [4.78, 5) is 0. The molecule has 0 aromatic heterocycles. The summed E-state index contributed by atoms with van der Waals surface area (Å²) in [6, 6.07) is 0.486. The van der Waals surface area contributed by atoms with Crippen LogP contribution in [0.4, 0.5) is 0 Å². The van der Waals surface area contributed by atoms with Gasteiger partial charge in [0.1, 0.15) is 6.17 Å². The lowest BCUT2D eigenvalue weighted by Gasteiger charge is -2.28. The number of hydrogen-bond donors (Lipinski definition) is 5. The topological polar surface area (TPSA) is 72.0 Å². The van der Waals surface area contributed by atoms with Gasteiger partial charge >= 0.3 is 0 Å². The maximum atomic E-state index is 8.01. The van der Waals surface area contributed by atoms with E-state index in [9.17, 15) is 0 Å². The van der Waals surface area contributed by atoms with Gasteiger partial charge in [-0.15, -0.1) is 0 Å². The van der Waals surface area contributed by atoms with E-state index in [0.717, 1.165) is 31.5 Å². The van der Waals surface area contributed by atoms with Crippen LogP contribution in [0.15, 0.2) is 0 Å². The molecule has 3 atom stereocenters. The monoisotopic (exact) mass is 239 g/mol. The van der Waals surface area contributed by atoms with Gasteiger partial charge in [0, 0.05) is 11.8 Å². The predicted octanol–water partition coefficient (Wildman–Crippen LogP) is 0.688. The number of hydrazine groups is 1. The van der Waals surface area contributed by atoms with Crippen LogP contribution in [0.1, 0.15) is 45.4 Å². The lowest BCUT2D eigenvalue weighted by Crippen LogP contribution is -2.53. The molecule has 5 N–H and O–H groups in total. The largest absolute Gasteiger partial charge is 0.311 e. The van der Waals surface area contributed by atoms with E-state index >= 15 is 0 Å². The summed E-state index contributed by atoms with van der Waals surface area (Å²) in [6.45, 7) is 3.28. The molecule has 2 rings (SSSR count). The highest BCUT2D eigenvalue weighted by atomic mass is 15.6. The maximum Gasteiger partial charge on any atom is 0.110 e. The van der Waals surface area contributed by atoms with Crippen molar-refractivity contribution in [2.75, 3.05) is 6.54 Å². The van der Waals surface area contributed by atoms with Crippen molar-refractivity contribution in [3.05, 3.63) is 0 Å². The van der Waals surface area contributed by atoms with Crippen LogP contribution in [0.3, 0.4) is 0 Å². The molecule has 0 aromatic rings. The molecule has 0 spiro atoms. The van der Waals surface area contributed by atoms with Crippen LogP contribution in [-0.2, 0) is 0 Å². The molecule has 5 heteroatoms. The fraction of sp³-hybridized carbons (Fsp3) is 0.917. The van der Waals surface area contributed by atoms with Crippen LogP contribution in [0.2, 0.25) is 0 Å². The number of unbranched alkanes of at least 4 members (excludes halogenated alkanes) is 1. The van der Waals surface area contributed by atoms with Crippen molar-refractivity contribution in [3.63, 3.8) is 0 Å². The summed E-state index contributed by atoms with van der Waals surface area (Å²) in [5.74, 6) is 0. The normalized spacial score (nSPS) is 33.8. The van der Waals surface area contributed by atoms with Crippen molar-refractivity contribution >= 4 is 5.71 Å². The summed E-state index contributed by atoms with van der Waals surface area (Å²) >= 11 is 0. The summed E-state index contributed by atoms with van der Waals surface area (Å²) < 4.78 is 0. The van der Waals surface area contributed by atoms with Gasteiger partial charge in [-0.05, 0) is 32.2 Å². The summed E-state index contributed by atoms with van der Waals surface area (Å²) in [7, 11) is 0. The molecule has 0 amide bonds. The molecule has 2 aliphatic rings.